The number of allylic oxidation sites excluding steroid dienone is 1. The van der Waals surface area contributed by atoms with Crippen LogP contribution in [0.15, 0.2) is 110 Å². The number of ether oxygens (including phenoxy) is 2. The molecule has 1 aliphatic carbocycles. The molecular formula is C41H42Br2N4O3. The SMILES string of the molecule is CC1(C)[C@H](C(=O)O[C@H](C#N)c2cccc(Oc3ccccc3)c2)[C@@H]1C=C(Br)Br.Cc1ccc(N=CN(C)C=Nc2ccc(C)cc2C)c(C)c1. The highest BCUT2D eigenvalue weighted by Gasteiger charge is 2.61. The summed E-state index contributed by atoms with van der Waals surface area (Å²) in [6.07, 6.45) is 4.53. The van der Waals surface area contributed by atoms with E-state index in [2.05, 4.69) is 99.9 Å². The average molecular weight is 799 g/mol. The van der Waals surface area contributed by atoms with Crippen molar-refractivity contribution in [2.45, 2.75) is 47.6 Å². The molecule has 0 aliphatic heterocycles. The van der Waals surface area contributed by atoms with Gasteiger partial charge in [0, 0.05) is 12.6 Å². The molecule has 9 heteroatoms. The smallest absolute Gasteiger partial charge is 0.311 e. The lowest BCUT2D eigenvalue weighted by atomic mass is 10.1. The van der Waals surface area contributed by atoms with Crippen LogP contribution in [0.1, 0.15) is 47.8 Å². The number of hydrogen-bond acceptors (Lipinski definition) is 6. The van der Waals surface area contributed by atoms with E-state index < -0.39 is 6.10 Å². The summed E-state index contributed by atoms with van der Waals surface area (Å²) in [5, 5.41) is 9.56. The van der Waals surface area contributed by atoms with E-state index >= 15 is 0 Å². The highest BCUT2D eigenvalue weighted by molar-refractivity contribution is 9.28. The Balaban J connectivity index is 0.000000232. The molecule has 0 unspecified atom stereocenters. The summed E-state index contributed by atoms with van der Waals surface area (Å²) < 4.78 is 12.2. The van der Waals surface area contributed by atoms with Gasteiger partial charge in [0.15, 0.2) is 0 Å². The molecule has 258 valence electrons. The molecule has 0 bridgehead atoms. The molecule has 1 fully saturated rings. The standard InChI is InChI=1S/C22H19Br2NO3.C19H23N3/c1-22(2)17(12-19(23)24)20(22)21(26)28-18(13-25)14-7-6-10-16(11-14)27-15-8-4-3-5-9-15;1-14-6-8-18(16(3)10-14)20-12-22(5)13-21-19-9-7-15(2)11-17(19)4/h3-12,17-18,20H,1-2H3;6-13H,1-5H3/t17-,18+,20-;/m0./s1. The molecule has 50 heavy (non-hydrogen) atoms. The normalized spacial score (nSPS) is 16.5. The first-order valence-corrected chi connectivity index (χ1v) is 17.8. The second-order valence-electron chi connectivity index (χ2n) is 12.9. The van der Waals surface area contributed by atoms with Crippen molar-refractivity contribution in [3.63, 3.8) is 0 Å². The number of hydrogen-bond donors (Lipinski definition) is 0. The van der Waals surface area contributed by atoms with Crippen molar-refractivity contribution < 1.29 is 14.3 Å². The van der Waals surface area contributed by atoms with Crippen LogP contribution in [0.3, 0.4) is 0 Å². The number of aryl methyl sites for hydroxylation is 4. The van der Waals surface area contributed by atoms with Gasteiger partial charge >= 0.3 is 5.97 Å². The second-order valence-corrected chi connectivity index (χ2v) is 15.7. The Morgan fingerprint density at radius 3 is 1.92 bits per heavy atom. The van der Waals surface area contributed by atoms with E-state index in [0.29, 0.717) is 17.1 Å². The topological polar surface area (TPSA) is 87.3 Å². The van der Waals surface area contributed by atoms with Gasteiger partial charge in [0.05, 0.1) is 33.4 Å². The van der Waals surface area contributed by atoms with E-state index in [0.717, 1.165) is 14.8 Å². The number of carbonyl (C=O) groups excluding carboxylic acids is 1. The Labute approximate surface area is 312 Å². The molecule has 7 nitrogen and oxygen atoms in total. The van der Waals surface area contributed by atoms with Crippen molar-refractivity contribution in [1.82, 2.24) is 4.90 Å². The summed E-state index contributed by atoms with van der Waals surface area (Å²) in [5.41, 5.74) is 7.20. The number of benzene rings is 4. The molecular weight excluding hydrogens is 756 g/mol. The van der Waals surface area contributed by atoms with Gasteiger partial charge in [-0.3, -0.25) is 4.79 Å². The number of halogens is 2. The Hall–Kier alpha value is -4.52. The predicted molar refractivity (Wildman–Crippen MR) is 210 cm³/mol. The first-order chi connectivity index (χ1) is 23.8. The molecule has 0 radical (unpaired) electrons. The summed E-state index contributed by atoms with van der Waals surface area (Å²) in [5.74, 6) is 0.683. The fraction of sp³-hybridized carbons (Fsp3) is 0.268. The van der Waals surface area contributed by atoms with E-state index in [4.69, 9.17) is 9.47 Å². The molecule has 4 aromatic carbocycles. The van der Waals surface area contributed by atoms with Crippen molar-refractivity contribution in [3.8, 4) is 17.6 Å². The maximum absolute atomic E-state index is 12.7. The fourth-order valence-corrected chi connectivity index (χ4v) is 6.11. The number of nitrogens with zero attached hydrogens (tertiary/aromatic N) is 4. The Morgan fingerprint density at radius 2 is 1.40 bits per heavy atom. The highest BCUT2D eigenvalue weighted by atomic mass is 79.9. The molecule has 5 rings (SSSR count). The number of esters is 1. The van der Waals surface area contributed by atoms with Gasteiger partial charge in [-0.1, -0.05) is 85.6 Å². The highest BCUT2D eigenvalue weighted by Crippen LogP contribution is 2.60. The van der Waals surface area contributed by atoms with E-state index in [9.17, 15) is 10.1 Å². The van der Waals surface area contributed by atoms with E-state index in [1.807, 2.05) is 74.3 Å². The van der Waals surface area contributed by atoms with Crippen LogP contribution in [0.5, 0.6) is 11.5 Å². The van der Waals surface area contributed by atoms with Gasteiger partial charge in [-0.15, -0.1) is 0 Å². The zero-order valence-electron chi connectivity index (χ0n) is 29.4. The number of aliphatic imine (C=N–C) groups is 2. The number of para-hydroxylation sites is 1. The lowest BCUT2D eigenvalue weighted by Crippen LogP contribution is -2.14. The largest absolute Gasteiger partial charge is 0.457 e. The molecule has 3 atom stereocenters. The predicted octanol–water partition coefficient (Wildman–Crippen LogP) is 11.4. The van der Waals surface area contributed by atoms with Crippen molar-refractivity contribution in [3.05, 3.63) is 128 Å². The van der Waals surface area contributed by atoms with Crippen molar-refractivity contribution in [2.75, 3.05) is 7.05 Å². The van der Waals surface area contributed by atoms with Gasteiger partial charge in [0.1, 0.15) is 17.6 Å². The van der Waals surface area contributed by atoms with Gasteiger partial charge in [-0.2, -0.15) is 5.26 Å². The average Bonchev–Trinajstić information content (AvgIpc) is 3.61. The maximum Gasteiger partial charge on any atom is 0.311 e. The van der Waals surface area contributed by atoms with E-state index in [1.165, 1.54) is 22.3 Å². The van der Waals surface area contributed by atoms with Crippen LogP contribution in [0.2, 0.25) is 0 Å². The summed E-state index contributed by atoms with van der Waals surface area (Å²) >= 11 is 6.68. The zero-order chi connectivity index (χ0) is 36.4. The number of carbonyl (C=O) groups is 1. The summed E-state index contributed by atoms with van der Waals surface area (Å²) in [6, 6.07) is 31.0. The lowest BCUT2D eigenvalue weighted by molar-refractivity contribution is -0.149. The summed E-state index contributed by atoms with van der Waals surface area (Å²) in [7, 11) is 1.93. The van der Waals surface area contributed by atoms with Gasteiger partial charge in [-0.05, 0) is 118 Å². The van der Waals surface area contributed by atoms with Crippen molar-refractivity contribution in [2.24, 2.45) is 27.2 Å². The summed E-state index contributed by atoms with van der Waals surface area (Å²) in [6.45, 7) is 12.3. The Bertz CT molecular complexity index is 1870. The van der Waals surface area contributed by atoms with Crippen LogP contribution < -0.4 is 4.74 Å². The van der Waals surface area contributed by atoms with E-state index in [-0.39, 0.29) is 23.2 Å². The van der Waals surface area contributed by atoms with Gasteiger partial charge in [-0.25, -0.2) is 9.98 Å². The molecule has 1 saturated carbocycles. The van der Waals surface area contributed by atoms with Crippen molar-refractivity contribution in [1.29, 1.82) is 5.26 Å². The van der Waals surface area contributed by atoms with Crippen LogP contribution >= 0.6 is 31.9 Å². The minimum absolute atomic E-state index is 0.0563. The molecule has 0 spiro atoms. The third kappa shape index (κ3) is 10.7. The molecule has 1 aliphatic rings. The monoisotopic (exact) mass is 796 g/mol. The molecule has 0 heterocycles. The first-order valence-electron chi connectivity index (χ1n) is 16.2. The lowest BCUT2D eigenvalue weighted by Gasteiger charge is -2.13. The Morgan fingerprint density at radius 1 is 0.840 bits per heavy atom. The molecule has 0 amide bonds. The van der Waals surface area contributed by atoms with Crippen molar-refractivity contribution >= 4 is 61.9 Å². The third-order valence-corrected chi connectivity index (χ3v) is 8.95. The third-order valence-electron chi connectivity index (χ3n) is 8.42. The molecule has 4 aromatic rings. The quantitative estimate of drug-likeness (QED) is 0.0906. The van der Waals surface area contributed by atoms with Crippen LogP contribution in [-0.4, -0.2) is 30.6 Å². The van der Waals surface area contributed by atoms with Crippen LogP contribution in [0.25, 0.3) is 0 Å². The van der Waals surface area contributed by atoms with Gasteiger partial charge in [0.2, 0.25) is 6.10 Å². The number of rotatable bonds is 10. The molecule has 0 saturated heterocycles. The molecule has 0 aromatic heterocycles. The van der Waals surface area contributed by atoms with E-state index in [1.54, 1.807) is 36.9 Å². The first kappa shape index (κ1) is 38.3. The zero-order valence-corrected chi connectivity index (χ0v) is 32.6. The van der Waals surface area contributed by atoms with Crippen LogP contribution in [-0.2, 0) is 9.53 Å². The maximum atomic E-state index is 12.7. The Kier molecular flexibility index (Phi) is 13.3. The van der Waals surface area contributed by atoms with Gasteiger partial charge < -0.3 is 14.4 Å². The van der Waals surface area contributed by atoms with Crippen LogP contribution in [0, 0.1) is 56.3 Å². The minimum Gasteiger partial charge on any atom is -0.457 e. The number of nitriles is 1. The van der Waals surface area contributed by atoms with Gasteiger partial charge in [0.25, 0.3) is 0 Å². The fourth-order valence-electron chi connectivity index (χ4n) is 5.54. The summed E-state index contributed by atoms with van der Waals surface area (Å²) in [4.78, 5) is 23.5. The van der Waals surface area contributed by atoms with Crippen LogP contribution in [0.4, 0.5) is 11.4 Å². The minimum atomic E-state index is -0.986. The molecule has 0 N–H and O–H groups in total. The second kappa shape index (κ2) is 17.4.